The standard InChI is InChI=1S/C13H15BrClNO4/c1-7(13(18)19)6-16-12(17)8(2)20-11-4-3-9(15)5-10(11)14/h3-5,7-8H,6H2,1-2H3,(H,16,17)(H,18,19). The molecule has 1 amide bonds. The number of halogens is 2. The van der Waals surface area contributed by atoms with E-state index in [1.54, 1.807) is 25.1 Å². The van der Waals surface area contributed by atoms with Gasteiger partial charge >= 0.3 is 5.97 Å². The molecule has 2 atom stereocenters. The fourth-order valence-corrected chi connectivity index (χ4v) is 2.08. The molecule has 0 heterocycles. The Morgan fingerprint density at radius 1 is 1.45 bits per heavy atom. The van der Waals surface area contributed by atoms with Crippen molar-refractivity contribution in [1.29, 1.82) is 0 Å². The van der Waals surface area contributed by atoms with Crippen LogP contribution in [0, 0.1) is 5.92 Å². The van der Waals surface area contributed by atoms with Crippen LogP contribution in [0.25, 0.3) is 0 Å². The lowest BCUT2D eigenvalue weighted by Crippen LogP contribution is -2.39. The minimum atomic E-state index is -0.959. The number of carbonyl (C=O) groups is 2. The summed E-state index contributed by atoms with van der Waals surface area (Å²) in [5.74, 6) is -1.49. The van der Waals surface area contributed by atoms with E-state index in [2.05, 4.69) is 21.2 Å². The first-order valence-corrected chi connectivity index (χ1v) is 7.10. The highest BCUT2D eigenvalue weighted by molar-refractivity contribution is 9.10. The summed E-state index contributed by atoms with van der Waals surface area (Å²) >= 11 is 9.10. The molecule has 2 unspecified atom stereocenters. The van der Waals surface area contributed by atoms with Gasteiger partial charge in [0.25, 0.3) is 5.91 Å². The molecule has 0 aromatic heterocycles. The molecule has 110 valence electrons. The first-order chi connectivity index (χ1) is 9.31. The number of carboxylic acid groups (broad SMARTS) is 1. The van der Waals surface area contributed by atoms with Crippen molar-refractivity contribution in [3.05, 3.63) is 27.7 Å². The van der Waals surface area contributed by atoms with E-state index >= 15 is 0 Å². The summed E-state index contributed by atoms with van der Waals surface area (Å²) in [6.45, 7) is 3.16. The number of rotatable bonds is 6. The van der Waals surface area contributed by atoms with Crippen molar-refractivity contribution in [2.24, 2.45) is 5.92 Å². The quantitative estimate of drug-likeness (QED) is 0.814. The number of benzene rings is 1. The number of hydrogen-bond acceptors (Lipinski definition) is 3. The van der Waals surface area contributed by atoms with E-state index < -0.39 is 18.0 Å². The molecule has 0 saturated carbocycles. The van der Waals surface area contributed by atoms with Crippen LogP contribution in [0.1, 0.15) is 13.8 Å². The second kappa shape index (κ2) is 7.50. The lowest BCUT2D eigenvalue weighted by atomic mass is 10.2. The van der Waals surface area contributed by atoms with Crippen molar-refractivity contribution in [3.63, 3.8) is 0 Å². The first-order valence-electron chi connectivity index (χ1n) is 5.93. The molecule has 0 aliphatic heterocycles. The Morgan fingerprint density at radius 3 is 2.65 bits per heavy atom. The SMILES string of the molecule is CC(CNC(=O)C(C)Oc1ccc(Cl)cc1Br)C(=O)O. The second-order valence-corrected chi connectivity index (χ2v) is 5.61. The van der Waals surface area contributed by atoms with Crippen LogP contribution >= 0.6 is 27.5 Å². The Labute approximate surface area is 130 Å². The molecule has 0 aliphatic rings. The molecule has 0 bridgehead atoms. The Hall–Kier alpha value is -1.27. The molecule has 0 aliphatic carbocycles. The van der Waals surface area contributed by atoms with Crippen LogP contribution in [0.4, 0.5) is 0 Å². The minimum Gasteiger partial charge on any atom is -0.481 e. The van der Waals surface area contributed by atoms with Gasteiger partial charge in [-0.2, -0.15) is 0 Å². The monoisotopic (exact) mass is 363 g/mol. The average molecular weight is 365 g/mol. The average Bonchev–Trinajstić information content (AvgIpc) is 2.38. The van der Waals surface area contributed by atoms with Gasteiger partial charge in [0.05, 0.1) is 10.4 Å². The zero-order chi connectivity index (χ0) is 15.3. The van der Waals surface area contributed by atoms with Gasteiger partial charge in [0.1, 0.15) is 5.75 Å². The summed E-state index contributed by atoms with van der Waals surface area (Å²) in [4.78, 5) is 22.4. The van der Waals surface area contributed by atoms with Gasteiger partial charge in [-0.3, -0.25) is 9.59 Å². The number of aliphatic carboxylic acids is 1. The number of carbonyl (C=O) groups excluding carboxylic acids is 1. The van der Waals surface area contributed by atoms with E-state index in [1.165, 1.54) is 6.92 Å². The molecule has 1 aromatic rings. The first kappa shape index (κ1) is 16.8. The number of amides is 1. The van der Waals surface area contributed by atoms with Gasteiger partial charge in [0.2, 0.25) is 0 Å². The van der Waals surface area contributed by atoms with Crippen LogP contribution in [0.3, 0.4) is 0 Å². The predicted molar refractivity (Wildman–Crippen MR) is 79.1 cm³/mol. The molecular weight excluding hydrogens is 350 g/mol. The molecule has 0 fully saturated rings. The molecule has 0 spiro atoms. The normalized spacial score (nSPS) is 13.4. The molecule has 2 N–H and O–H groups in total. The van der Waals surface area contributed by atoms with Crippen LogP contribution in [0.5, 0.6) is 5.75 Å². The third-order valence-corrected chi connectivity index (χ3v) is 3.43. The zero-order valence-electron chi connectivity index (χ0n) is 11.0. The van der Waals surface area contributed by atoms with E-state index in [0.29, 0.717) is 15.2 Å². The smallest absolute Gasteiger partial charge is 0.308 e. The zero-order valence-corrected chi connectivity index (χ0v) is 13.4. The van der Waals surface area contributed by atoms with Gasteiger partial charge in [-0.1, -0.05) is 18.5 Å². The molecule has 1 rings (SSSR count). The third kappa shape index (κ3) is 5.02. The van der Waals surface area contributed by atoms with Crippen molar-refractivity contribution in [1.82, 2.24) is 5.32 Å². The maximum absolute atomic E-state index is 11.8. The van der Waals surface area contributed by atoms with Crippen molar-refractivity contribution in [2.45, 2.75) is 20.0 Å². The van der Waals surface area contributed by atoms with E-state index in [4.69, 9.17) is 21.4 Å². The Balaban J connectivity index is 2.55. The molecule has 7 heteroatoms. The lowest BCUT2D eigenvalue weighted by molar-refractivity contribution is -0.141. The van der Waals surface area contributed by atoms with Crippen molar-refractivity contribution in [2.75, 3.05) is 6.54 Å². The minimum absolute atomic E-state index is 0.0592. The van der Waals surface area contributed by atoms with Crippen LogP contribution in [-0.4, -0.2) is 29.6 Å². The largest absolute Gasteiger partial charge is 0.481 e. The Kier molecular flexibility index (Phi) is 6.29. The van der Waals surface area contributed by atoms with Crippen LogP contribution in [0.15, 0.2) is 22.7 Å². The van der Waals surface area contributed by atoms with E-state index in [-0.39, 0.29) is 12.5 Å². The van der Waals surface area contributed by atoms with E-state index in [1.807, 2.05) is 0 Å². The van der Waals surface area contributed by atoms with Crippen LogP contribution < -0.4 is 10.1 Å². The highest BCUT2D eigenvalue weighted by atomic mass is 79.9. The van der Waals surface area contributed by atoms with Gasteiger partial charge in [0.15, 0.2) is 6.10 Å². The molecule has 0 saturated heterocycles. The summed E-state index contributed by atoms with van der Waals surface area (Å²) in [7, 11) is 0. The maximum atomic E-state index is 11.8. The number of hydrogen-bond donors (Lipinski definition) is 2. The van der Waals surface area contributed by atoms with Gasteiger partial charge in [-0.15, -0.1) is 0 Å². The van der Waals surface area contributed by atoms with Crippen LogP contribution in [0.2, 0.25) is 5.02 Å². The predicted octanol–water partition coefficient (Wildman–Crippen LogP) is 2.71. The Morgan fingerprint density at radius 2 is 2.10 bits per heavy atom. The van der Waals surface area contributed by atoms with Gasteiger partial charge in [-0.05, 0) is 41.1 Å². The molecule has 0 radical (unpaired) electrons. The fraction of sp³-hybridized carbons (Fsp3) is 0.385. The van der Waals surface area contributed by atoms with Gasteiger partial charge in [0, 0.05) is 11.6 Å². The topological polar surface area (TPSA) is 75.6 Å². The number of carboxylic acids is 1. The maximum Gasteiger partial charge on any atom is 0.308 e. The van der Waals surface area contributed by atoms with Gasteiger partial charge in [-0.25, -0.2) is 0 Å². The summed E-state index contributed by atoms with van der Waals surface area (Å²) in [6.07, 6.45) is -0.742. The number of ether oxygens (including phenoxy) is 1. The van der Waals surface area contributed by atoms with Crippen molar-refractivity contribution >= 4 is 39.4 Å². The van der Waals surface area contributed by atoms with Crippen molar-refractivity contribution in [3.8, 4) is 5.75 Å². The summed E-state index contributed by atoms with van der Waals surface area (Å²) < 4.78 is 6.13. The highest BCUT2D eigenvalue weighted by Gasteiger charge is 2.18. The molecule has 20 heavy (non-hydrogen) atoms. The second-order valence-electron chi connectivity index (χ2n) is 4.32. The third-order valence-electron chi connectivity index (χ3n) is 2.57. The van der Waals surface area contributed by atoms with Crippen molar-refractivity contribution < 1.29 is 19.4 Å². The molecular formula is C13H15BrClNO4. The summed E-state index contributed by atoms with van der Waals surface area (Å²) in [6, 6.07) is 4.96. The number of nitrogens with one attached hydrogen (secondary N) is 1. The van der Waals surface area contributed by atoms with E-state index in [9.17, 15) is 9.59 Å². The van der Waals surface area contributed by atoms with E-state index in [0.717, 1.165) is 0 Å². The fourth-order valence-electron chi connectivity index (χ4n) is 1.30. The summed E-state index contributed by atoms with van der Waals surface area (Å²) in [5, 5.41) is 11.8. The van der Waals surface area contributed by atoms with Gasteiger partial charge < -0.3 is 15.2 Å². The lowest BCUT2D eigenvalue weighted by Gasteiger charge is -2.16. The molecule has 5 nitrogen and oxygen atoms in total. The summed E-state index contributed by atoms with van der Waals surface area (Å²) in [5.41, 5.74) is 0. The van der Waals surface area contributed by atoms with Crippen LogP contribution in [-0.2, 0) is 9.59 Å². The Bertz CT molecular complexity index is 509. The molecule has 1 aromatic carbocycles. The highest BCUT2D eigenvalue weighted by Crippen LogP contribution is 2.28.